The van der Waals surface area contributed by atoms with Crippen molar-refractivity contribution in [2.75, 3.05) is 0 Å². The van der Waals surface area contributed by atoms with Gasteiger partial charge in [0.15, 0.2) is 0 Å². The third-order valence-electron chi connectivity index (χ3n) is 9.24. The van der Waals surface area contributed by atoms with Crippen molar-refractivity contribution in [3.63, 3.8) is 0 Å². The van der Waals surface area contributed by atoms with Crippen LogP contribution in [0.3, 0.4) is 0 Å². The molecule has 0 heterocycles. The van der Waals surface area contributed by atoms with E-state index >= 15 is 0 Å². The molecule has 0 saturated heterocycles. The Morgan fingerprint density at radius 1 is 0.512 bits per heavy atom. The van der Waals surface area contributed by atoms with E-state index in [1.807, 2.05) is 0 Å². The third-order valence-corrected chi connectivity index (χ3v) is 31.9. The summed E-state index contributed by atoms with van der Waals surface area (Å²) in [7, 11) is 0. The molecule has 2 aliphatic rings. The molecule has 0 radical (unpaired) electrons. The summed E-state index contributed by atoms with van der Waals surface area (Å²) in [6.45, 7) is 2.37. The number of hydrogen-bond acceptors (Lipinski definition) is 0. The van der Waals surface area contributed by atoms with Crippen molar-refractivity contribution in [2.24, 2.45) is 0 Å². The molecule has 41 heavy (non-hydrogen) atoms. The van der Waals surface area contributed by atoms with Crippen molar-refractivity contribution in [3.8, 4) is 0 Å². The molecule has 0 aliphatic heterocycles. The average Bonchev–Trinajstić information content (AvgIpc) is 3.69. The standard InChI is InChI=1S/2C15H11.C6H5.CH3.2ClH.H2Si.Zr/c2*1-2-7-12(6-1)15-11-5-9-13-8-3-4-10-14(13)15;1-2-4-6-5-3-1;;;;;/h2*3-11H,1H2;1-5H;1H3;2*1H;1H2;. The summed E-state index contributed by atoms with van der Waals surface area (Å²) >= 11 is -3.80. The first-order chi connectivity index (χ1) is 19.0. The topological polar surface area (TPSA) is 0 Å². The van der Waals surface area contributed by atoms with E-state index in [0.29, 0.717) is 0 Å². The summed E-state index contributed by atoms with van der Waals surface area (Å²) in [5, 5.41) is 5.30. The first-order valence-corrected chi connectivity index (χ1v) is 26.0. The fourth-order valence-corrected chi connectivity index (χ4v) is 22.5. The van der Waals surface area contributed by atoms with Gasteiger partial charge in [0.25, 0.3) is 0 Å². The van der Waals surface area contributed by atoms with Gasteiger partial charge in [-0.15, -0.1) is 24.8 Å². The molecule has 0 spiro atoms. The van der Waals surface area contributed by atoms with Gasteiger partial charge in [0, 0.05) is 0 Å². The number of halogens is 2. The van der Waals surface area contributed by atoms with Gasteiger partial charge < -0.3 is 0 Å². The fourth-order valence-electron chi connectivity index (χ4n) is 6.79. The van der Waals surface area contributed by atoms with Gasteiger partial charge in [0.2, 0.25) is 0 Å². The molecule has 204 valence electrons. The zero-order valence-corrected chi connectivity index (χ0v) is 28.7. The van der Waals surface area contributed by atoms with Crippen molar-refractivity contribution in [1.29, 1.82) is 0 Å². The van der Waals surface area contributed by atoms with E-state index in [1.54, 1.807) is 9.83 Å². The van der Waals surface area contributed by atoms with E-state index in [-0.39, 0.29) is 24.8 Å². The van der Waals surface area contributed by atoms with Gasteiger partial charge in [-0.05, 0) is 0 Å². The molecule has 2 aliphatic carbocycles. The van der Waals surface area contributed by atoms with Crippen molar-refractivity contribution in [2.45, 2.75) is 17.5 Å². The van der Waals surface area contributed by atoms with Gasteiger partial charge in [-0.3, -0.25) is 0 Å². The Hall–Kier alpha value is -2.74. The molecule has 0 fully saturated rings. The molecule has 0 unspecified atom stereocenters. The minimum absolute atomic E-state index is 0. The van der Waals surface area contributed by atoms with Crippen molar-refractivity contribution < 1.29 is 17.4 Å². The normalized spacial score (nSPS) is 15.0. The maximum absolute atomic E-state index is 3.80. The number of allylic oxidation sites excluding steroid dienone is 8. The predicted molar refractivity (Wildman–Crippen MR) is 184 cm³/mol. The van der Waals surface area contributed by atoms with Crippen LogP contribution in [0.5, 0.6) is 0 Å². The van der Waals surface area contributed by atoms with Gasteiger partial charge >= 0.3 is 235 Å². The Morgan fingerprint density at radius 3 is 1.41 bits per heavy atom. The molecule has 0 atom stereocenters. The van der Waals surface area contributed by atoms with Crippen LogP contribution in [-0.2, 0) is 17.4 Å². The SMILES string of the molecule is Cl.Cl.[CH3][Zr](=[SiH2])([C]1=CC(c2cccc3ccccc23)=CC1)([C]1=CC(c2cccc3ccccc23)=CC1)[c]1ccccc1. The second-order valence-electron chi connectivity index (χ2n) is 11.5. The van der Waals surface area contributed by atoms with Crippen LogP contribution in [-0.4, -0.2) is 6.88 Å². The van der Waals surface area contributed by atoms with E-state index in [9.17, 15) is 0 Å². The van der Waals surface area contributed by atoms with Crippen LogP contribution in [0.4, 0.5) is 0 Å². The van der Waals surface area contributed by atoms with Gasteiger partial charge in [-0.1, -0.05) is 0 Å². The molecule has 0 amide bonds. The first kappa shape index (κ1) is 29.7. The van der Waals surface area contributed by atoms with Crippen LogP contribution < -0.4 is 3.27 Å². The van der Waals surface area contributed by atoms with Gasteiger partial charge in [0.1, 0.15) is 0 Å². The Bertz CT molecular complexity index is 1850. The van der Waals surface area contributed by atoms with Crippen LogP contribution in [0.1, 0.15) is 24.0 Å². The fraction of sp³-hybridized carbons (Fsp3) is 0.0811. The summed E-state index contributed by atoms with van der Waals surface area (Å²) in [6, 6.07) is 42.4. The van der Waals surface area contributed by atoms with Gasteiger partial charge in [-0.25, -0.2) is 0 Å². The Labute approximate surface area is 257 Å². The monoisotopic (exact) mass is 666 g/mol. The van der Waals surface area contributed by atoms with Crippen LogP contribution in [0.2, 0.25) is 4.63 Å². The number of benzene rings is 5. The van der Waals surface area contributed by atoms with Crippen molar-refractivity contribution >= 4 is 67.7 Å². The van der Waals surface area contributed by atoms with Crippen molar-refractivity contribution in [1.82, 2.24) is 0 Å². The van der Waals surface area contributed by atoms with Gasteiger partial charge in [-0.2, -0.15) is 0 Å². The van der Waals surface area contributed by atoms with E-state index in [2.05, 4.69) is 151 Å². The first-order valence-electron chi connectivity index (χ1n) is 13.9. The van der Waals surface area contributed by atoms with Crippen LogP contribution in [0.15, 0.2) is 146 Å². The molecule has 0 bridgehead atoms. The Morgan fingerprint density at radius 2 is 0.927 bits per heavy atom. The molecule has 0 N–H and O–H groups in total. The zero-order chi connectivity index (χ0) is 26.5. The average molecular weight is 669 g/mol. The number of fused-ring (bicyclic) bond motifs is 2. The summed E-state index contributed by atoms with van der Waals surface area (Å²) in [5.41, 5.74) is 5.47. The van der Waals surface area contributed by atoms with Crippen LogP contribution in [0, 0.1) is 0 Å². The summed E-state index contributed by atoms with van der Waals surface area (Å²) in [4.78, 5) is 0. The summed E-state index contributed by atoms with van der Waals surface area (Å²) < 4.78 is 7.58. The summed E-state index contributed by atoms with van der Waals surface area (Å²) in [5.74, 6) is 0. The number of rotatable bonds is 5. The second kappa shape index (κ2) is 11.5. The molecule has 5 aromatic carbocycles. The van der Waals surface area contributed by atoms with E-state index in [4.69, 9.17) is 0 Å². The molecule has 4 heteroatoms. The second-order valence-corrected chi connectivity index (χ2v) is 36.4. The minimum atomic E-state index is -3.80. The van der Waals surface area contributed by atoms with Gasteiger partial charge in [0.05, 0.1) is 0 Å². The molecule has 7 rings (SSSR count). The van der Waals surface area contributed by atoms with E-state index in [0.717, 1.165) is 12.8 Å². The molecule has 0 nitrogen and oxygen atoms in total. The van der Waals surface area contributed by atoms with Crippen molar-refractivity contribution in [3.05, 3.63) is 157 Å². The third kappa shape index (κ3) is 4.90. The summed E-state index contributed by atoms with van der Waals surface area (Å²) in [6.07, 6.45) is 12.2. The molecular weight excluding hydrogens is 635 g/mol. The Balaban J connectivity index is 0.00000169. The quantitative estimate of drug-likeness (QED) is 0.164. The van der Waals surface area contributed by atoms with E-state index in [1.165, 1.54) is 43.8 Å². The zero-order valence-electron chi connectivity index (χ0n) is 23.2. The van der Waals surface area contributed by atoms with Crippen LogP contribution >= 0.6 is 24.8 Å². The molecular formula is C37H34Cl2SiZr. The molecule has 0 saturated carbocycles. The molecule has 0 aromatic heterocycles. The van der Waals surface area contributed by atoms with Crippen LogP contribution in [0.25, 0.3) is 32.7 Å². The maximum atomic E-state index is 2.67. The number of hydrogen-bond donors (Lipinski definition) is 0. The van der Waals surface area contributed by atoms with E-state index < -0.39 is 17.4 Å². The molecule has 5 aromatic rings. The Kier molecular flexibility index (Phi) is 8.34. The predicted octanol–water partition coefficient (Wildman–Crippen LogP) is 9.49.